The van der Waals surface area contributed by atoms with Gasteiger partial charge in [0.05, 0.1) is 5.56 Å². The van der Waals surface area contributed by atoms with Crippen molar-refractivity contribution in [2.45, 2.75) is 70.4 Å². The van der Waals surface area contributed by atoms with Crippen LogP contribution in [-0.2, 0) is 20.9 Å². The first-order chi connectivity index (χ1) is 28.3. The Balaban J connectivity index is 0.750. The number of hydrogen-bond acceptors (Lipinski definition) is 11. The summed E-state index contributed by atoms with van der Waals surface area (Å²) < 4.78 is 0. The second-order valence-corrected chi connectivity index (χ2v) is 15.6. The topological polar surface area (TPSA) is 173 Å². The van der Waals surface area contributed by atoms with Gasteiger partial charge in [-0.3, -0.25) is 39.2 Å². The molecule has 6 heterocycles. The minimum atomic E-state index is -0.620. The lowest BCUT2D eigenvalue weighted by molar-refractivity contribution is -0.137. The fourth-order valence-corrected chi connectivity index (χ4v) is 8.32. The van der Waals surface area contributed by atoms with Gasteiger partial charge < -0.3 is 25.3 Å². The maximum Gasteiger partial charge on any atom is 0.274 e. The smallest absolute Gasteiger partial charge is 0.274 e. The molecule has 0 radical (unpaired) electrons. The zero-order valence-electron chi connectivity index (χ0n) is 33.1. The third kappa shape index (κ3) is 10.4. The van der Waals surface area contributed by atoms with E-state index >= 15 is 0 Å². The predicted molar refractivity (Wildman–Crippen MR) is 220 cm³/mol. The van der Waals surface area contributed by atoms with Gasteiger partial charge in [0.1, 0.15) is 6.04 Å². The molecular formula is C43H54N10O5. The number of unbranched alkanes of at least 4 members (excludes halogenated alkanes) is 2. The van der Waals surface area contributed by atoms with Crippen molar-refractivity contribution in [3.8, 4) is 0 Å². The minimum absolute atomic E-state index is 0.0590. The Morgan fingerprint density at radius 1 is 0.862 bits per heavy atom. The molecule has 1 atom stereocenters. The van der Waals surface area contributed by atoms with E-state index < -0.39 is 11.9 Å². The Labute approximate surface area is 339 Å². The first-order valence-electron chi connectivity index (χ1n) is 20.8. The van der Waals surface area contributed by atoms with Crippen LogP contribution in [0.25, 0.3) is 6.08 Å². The number of likely N-dealkylation sites (tertiary alicyclic amines) is 1. The van der Waals surface area contributed by atoms with Crippen molar-refractivity contribution in [1.29, 1.82) is 0 Å². The highest BCUT2D eigenvalue weighted by atomic mass is 16.2. The third-order valence-electron chi connectivity index (χ3n) is 11.7. The molecule has 15 nitrogen and oxygen atoms in total. The number of imide groups is 1. The monoisotopic (exact) mass is 790 g/mol. The number of pyridine rings is 1. The summed E-state index contributed by atoms with van der Waals surface area (Å²) in [6, 6.07) is 12.6. The predicted octanol–water partition coefficient (Wildman–Crippen LogP) is 3.50. The molecule has 3 saturated heterocycles. The molecule has 1 aromatic carbocycles. The highest BCUT2D eigenvalue weighted by Gasteiger charge is 2.40. The number of rotatable bonds is 16. The summed E-state index contributed by atoms with van der Waals surface area (Å²) >= 11 is 0. The molecule has 306 valence electrons. The van der Waals surface area contributed by atoms with Crippen LogP contribution in [0.4, 0.5) is 11.5 Å². The first kappa shape index (κ1) is 40.5. The minimum Gasteiger partial charge on any atom is -0.384 e. The molecule has 58 heavy (non-hydrogen) atoms. The van der Waals surface area contributed by atoms with Gasteiger partial charge in [0, 0.05) is 89.5 Å². The van der Waals surface area contributed by atoms with Crippen LogP contribution in [0, 0.1) is 5.92 Å². The van der Waals surface area contributed by atoms with Crippen LogP contribution in [0.1, 0.15) is 89.8 Å². The SMILES string of the molecule is O=C(/C=C/c1cccnc1)NCCCCC1CCN(C(=O)c2ccc(N3CCN(CCCCNc4cccc5c4C(=O)N(C4CCC(=O)NC4=O)C5)CC3)nn2)CC1. The fourth-order valence-electron chi connectivity index (χ4n) is 8.32. The number of piperidine rings is 2. The largest absolute Gasteiger partial charge is 0.384 e. The molecule has 5 amide bonds. The Bertz CT molecular complexity index is 1940. The normalized spacial score (nSPS) is 19.1. The zero-order valence-corrected chi connectivity index (χ0v) is 33.1. The molecule has 0 bridgehead atoms. The number of nitrogens with one attached hydrogen (secondary N) is 3. The van der Waals surface area contributed by atoms with Crippen molar-refractivity contribution in [2.24, 2.45) is 5.92 Å². The van der Waals surface area contributed by atoms with Crippen LogP contribution in [0.2, 0.25) is 0 Å². The van der Waals surface area contributed by atoms with Gasteiger partial charge in [0.25, 0.3) is 11.8 Å². The zero-order chi connectivity index (χ0) is 40.3. The summed E-state index contributed by atoms with van der Waals surface area (Å²) in [5, 5.41) is 17.5. The molecule has 3 fully saturated rings. The van der Waals surface area contributed by atoms with Crippen molar-refractivity contribution in [2.75, 3.05) is 69.1 Å². The van der Waals surface area contributed by atoms with Gasteiger partial charge in [-0.15, -0.1) is 10.2 Å². The van der Waals surface area contributed by atoms with E-state index in [2.05, 4.69) is 40.9 Å². The lowest BCUT2D eigenvalue weighted by atomic mass is 9.91. The summed E-state index contributed by atoms with van der Waals surface area (Å²) in [6.07, 6.45) is 14.3. The number of piperazine rings is 1. The van der Waals surface area contributed by atoms with Crippen LogP contribution in [0.3, 0.4) is 0 Å². The van der Waals surface area contributed by atoms with Crippen LogP contribution >= 0.6 is 0 Å². The number of hydrogen-bond donors (Lipinski definition) is 3. The Morgan fingerprint density at radius 2 is 1.69 bits per heavy atom. The molecular weight excluding hydrogens is 737 g/mol. The van der Waals surface area contributed by atoms with E-state index in [4.69, 9.17) is 0 Å². The first-order valence-corrected chi connectivity index (χ1v) is 20.8. The van der Waals surface area contributed by atoms with E-state index in [-0.39, 0.29) is 30.0 Å². The van der Waals surface area contributed by atoms with Gasteiger partial charge in [-0.2, -0.15) is 0 Å². The van der Waals surface area contributed by atoms with E-state index in [1.807, 2.05) is 41.3 Å². The van der Waals surface area contributed by atoms with Gasteiger partial charge >= 0.3 is 0 Å². The van der Waals surface area contributed by atoms with Gasteiger partial charge in [-0.05, 0) is 92.5 Å². The molecule has 7 rings (SSSR count). The number of nitrogens with zero attached hydrogens (tertiary/aromatic N) is 7. The van der Waals surface area contributed by atoms with Crippen molar-refractivity contribution in [3.05, 3.63) is 83.3 Å². The average molecular weight is 791 g/mol. The molecule has 1 unspecified atom stereocenters. The van der Waals surface area contributed by atoms with Crippen LogP contribution < -0.4 is 20.9 Å². The summed E-state index contributed by atoms with van der Waals surface area (Å²) in [5.41, 5.74) is 3.59. The fraction of sp³-hybridized carbons (Fsp3) is 0.488. The number of aromatic nitrogens is 3. The van der Waals surface area contributed by atoms with Gasteiger partial charge in [-0.1, -0.05) is 31.0 Å². The number of carbonyl (C=O) groups is 5. The molecule has 15 heteroatoms. The lowest BCUT2D eigenvalue weighted by Gasteiger charge is -2.35. The molecule has 4 aliphatic rings. The molecule has 3 N–H and O–H groups in total. The van der Waals surface area contributed by atoms with E-state index in [1.165, 1.54) is 0 Å². The molecule has 0 spiro atoms. The van der Waals surface area contributed by atoms with Crippen molar-refractivity contribution in [3.63, 3.8) is 0 Å². The average Bonchev–Trinajstić information content (AvgIpc) is 3.59. The molecule has 0 saturated carbocycles. The van der Waals surface area contributed by atoms with E-state index in [0.29, 0.717) is 36.7 Å². The van der Waals surface area contributed by atoms with Crippen LogP contribution in [0.15, 0.2) is 60.9 Å². The molecule has 2 aromatic heterocycles. The highest BCUT2D eigenvalue weighted by Crippen LogP contribution is 2.32. The van der Waals surface area contributed by atoms with Gasteiger partial charge in [0.2, 0.25) is 17.7 Å². The van der Waals surface area contributed by atoms with Crippen molar-refractivity contribution >= 4 is 47.1 Å². The number of anilines is 2. The maximum absolute atomic E-state index is 13.4. The van der Waals surface area contributed by atoms with E-state index in [0.717, 1.165) is 120 Å². The summed E-state index contributed by atoms with van der Waals surface area (Å²) in [7, 11) is 0. The maximum atomic E-state index is 13.4. The summed E-state index contributed by atoms with van der Waals surface area (Å²) in [5.74, 6) is 0.367. The molecule has 0 aliphatic carbocycles. The van der Waals surface area contributed by atoms with Gasteiger partial charge in [0.15, 0.2) is 11.5 Å². The van der Waals surface area contributed by atoms with E-state index in [1.54, 1.807) is 35.5 Å². The van der Waals surface area contributed by atoms with Crippen LogP contribution in [0.5, 0.6) is 0 Å². The third-order valence-corrected chi connectivity index (χ3v) is 11.7. The number of fused-ring (bicyclic) bond motifs is 1. The van der Waals surface area contributed by atoms with Crippen LogP contribution in [-0.4, -0.2) is 124 Å². The second kappa shape index (κ2) is 19.6. The number of amides is 5. The van der Waals surface area contributed by atoms with E-state index in [9.17, 15) is 24.0 Å². The Hall–Kier alpha value is -5.70. The standard InChI is InChI=1S/C43H54N10O5/c54-38(15-11-32-8-6-19-44-29-32)46-21-2-1-7-31-17-23-52(24-18-31)42(57)35-12-14-37(49-48-35)51-27-25-50(26-28-51)22-4-3-20-45-34-10-5-9-33-30-53(43(58)40(33)34)36-13-16-39(55)47-41(36)56/h5-6,8-12,14-15,19,29,31,36,45H,1-4,7,13,16-18,20-28,30H2,(H,46,54)(H,47,55,56)/b15-11+. The van der Waals surface area contributed by atoms with Crippen molar-refractivity contribution in [1.82, 2.24) is 40.5 Å². The van der Waals surface area contributed by atoms with Gasteiger partial charge in [-0.25, -0.2) is 0 Å². The number of carbonyl (C=O) groups excluding carboxylic acids is 5. The Morgan fingerprint density at radius 3 is 2.45 bits per heavy atom. The van der Waals surface area contributed by atoms with Crippen molar-refractivity contribution < 1.29 is 24.0 Å². The number of benzene rings is 1. The summed E-state index contributed by atoms with van der Waals surface area (Å²) in [6.45, 7) is 7.69. The second-order valence-electron chi connectivity index (χ2n) is 15.6. The lowest BCUT2D eigenvalue weighted by Crippen LogP contribution is -2.52. The summed E-state index contributed by atoms with van der Waals surface area (Å²) in [4.78, 5) is 74.9. The molecule has 4 aliphatic heterocycles. The molecule has 3 aromatic rings. The highest BCUT2D eigenvalue weighted by molar-refractivity contribution is 6.07. The quantitative estimate of drug-likeness (QED) is 0.110. The Kier molecular flexibility index (Phi) is 13.7.